The predicted octanol–water partition coefficient (Wildman–Crippen LogP) is 2.21. The number of alkyl halides is 3. The molecule has 0 saturated carbocycles. The monoisotopic (exact) mass is 265 g/mol. The molecule has 3 aromatic heterocycles. The van der Waals surface area contributed by atoms with Crippen LogP contribution in [0.1, 0.15) is 5.82 Å². The Morgan fingerprint density at radius 1 is 1.11 bits per heavy atom. The zero-order chi connectivity index (χ0) is 13.5. The third kappa shape index (κ3) is 2.01. The molecule has 3 aromatic rings. The molecule has 0 radical (unpaired) electrons. The van der Waals surface area contributed by atoms with Crippen LogP contribution in [0.5, 0.6) is 0 Å². The number of pyridine rings is 1. The number of nitrogens with zero attached hydrogens (tertiary/aromatic N) is 5. The van der Waals surface area contributed by atoms with Gasteiger partial charge in [-0.3, -0.25) is 4.98 Å². The maximum absolute atomic E-state index is 12.6. The van der Waals surface area contributed by atoms with Crippen LogP contribution in [0.4, 0.5) is 13.2 Å². The van der Waals surface area contributed by atoms with E-state index in [1.165, 1.54) is 12.4 Å². The Morgan fingerprint density at radius 3 is 2.63 bits per heavy atom. The van der Waals surface area contributed by atoms with Crippen molar-refractivity contribution in [2.45, 2.75) is 6.18 Å². The zero-order valence-corrected chi connectivity index (χ0v) is 9.33. The second-order valence-electron chi connectivity index (χ2n) is 3.72. The van der Waals surface area contributed by atoms with Crippen molar-refractivity contribution in [2.75, 3.05) is 0 Å². The molecule has 19 heavy (non-hydrogen) atoms. The highest BCUT2D eigenvalue weighted by molar-refractivity contribution is 5.59. The normalized spacial score (nSPS) is 11.9. The fraction of sp³-hybridized carbons (Fsp3) is 0.0909. The Hall–Kier alpha value is -2.51. The average Bonchev–Trinajstić information content (AvgIpc) is 2.83. The lowest BCUT2D eigenvalue weighted by Crippen LogP contribution is -2.07. The van der Waals surface area contributed by atoms with Gasteiger partial charge in [0.2, 0.25) is 0 Å². The van der Waals surface area contributed by atoms with Gasteiger partial charge in [0.15, 0.2) is 0 Å². The van der Waals surface area contributed by atoms with Crippen LogP contribution in [0.15, 0.2) is 36.8 Å². The molecule has 0 unspecified atom stereocenters. The molecular formula is C11H6F3N5. The van der Waals surface area contributed by atoms with Gasteiger partial charge >= 0.3 is 6.18 Å². The van der Waals surface area contributed by atoms with E-state index in [9.17, 15) is 13.2 Å². The van der Waals surface area contributed by atoms with Gasteiger partial charge < -0.3 is 0 Å². The number of hydrogen-bond donors (Lipinski definition) is 0. The van der Waals surface area contributed by atoms with Crippen molar-refractivity contribution < 1.29 is 13.2 Å². The van der Waals surface area contributed by atoms with Gasteiger partial charge in [-0.1, -0.05) is 0 Å². The topological polar surface area (TPSA) is 56.0 Å². The van der Waals surface area contributed by atoms with E-state index in [4.69, 9.17) is 0 Å². The molecule has 0 aliphatic heterocycles. The number of hydrogen-bond acceptors (Lipinski definition) is 4. The van der Waals surface area contributed by atoms with Crippen LogP contribution in [0, 0.1) is 0 Å². The van der Waals surface area contributed by atoms with Crippen LogP contribution in [0.2, 0.25) is 0 Å². The van der Waals surface area contributed by atoms with Crippen molar-refractivity contribution in [3.05, 3.63) is 42.6 Å². The standard InChI is InChI=1S/C11H6F3N5/c12-11(13,14)9-17-10-16-5-3-8(19(10)18-9)7-2-1-4-15-6-7/h1-6H. The quantitative estimate of drug-likeness (QED) is 0.677. The van der Waals surface area contributed by atoms with Gasteiger partial charge in [-0.05, 0) is 18.2 Å². The van der Waals surface area contributed by atoms with Crippen molar-refractivity contribution in [3.63, 3.8) is 0 Å². The highest BCUT2D eigenvalue weighted by Crippen LogP contribution is 2.27. The Kier molecular flexibility index (Phi) is 2.44. The number of halogens is 3. The van der Waals surface area contributed by atoms with Gasteiger partial charge in [0.1, 0.15) is 0 Å². The number of rotatable bonds is 1. The molecule has 0 aromatic carbocycles. The van der Waals surface area contributed by atoms with E-state index in [1.54, 1.807) is 24.4 Å². The van der Waals surface area contributed by atoms with Crippen LogP contribution in [0.25, 0.3) is 17.0 Å². The first-order chi connectivity index (χ1) is 9.05. The minimum atomic E-state index is -4.60. The van der Waals surface area contributed by atoms with Gasteiger partial charge in [0.25, 0.3) is 11.6 Å². The van der Waals surface area contributed by atoms with Gasteiger partial charge in [0, 0.05) is 24.2 Å². The summed E-state index contributed by atoms with van der Waals surface area (Å²) in [6, 6.07) is 4.96. The Balaban J connectivity index is 2.24. The summed E-state index contributed by atoms with van der Waals surface area (Å²) >= 11 is 0. The molecule has 0 bridgehead atoms. The summed E-state index contributed by atoms with van der Waals surface area (Å²) < 4.78 is 38.8. The van der Waals surface area contributed by atoms with Crippen LogP contribution in [-0.2, 0) is 6.18 Å². The number of aromatic nitrogens is 5. The van der Waals surface area contributed by atoms with Crippen LogP contribution < -0.4 is 0 Å². The second kappa shape index (κ2) is 4.01. The van der Waals surface area contributed by atoms with E-state index in [-0.39, 0.29) is 5.78 Å². The lowest BCUT2D eigenvalue weighted by atomic mass is 10.2. The summed E-state index contributed by atoms with van der Waals surface area (Å²) in [4.78, 5) is 11.1. The maximum Gasteiger partial charge on any atom is 0.453 e. The summed E-state index contributed by atoms with van der Waals surface area (Å²) in [7, 11) is 0. The Morgan fingerprint density at radius 2 is 1.95 bits per heavy atom. The van der Waals surface area contributed by atoms with Crippen molar-refractivity contribution >= 4 is 5.78 Å². The van der Waals surface area contributed by atoms with Crippen LogP contribution >= 0.6 is 0 Å². The second-order valence-corrected chi connectivity index (χ2v) is 3.72. The first-order valence-electron chi connectivity index (χ1n) is 5.25. The first-order valence-corrected chi connectivity index (χ1v) is 5.25. The highest BCUT2D eigenvalue weighted by atomic mass is 19.4. The van der Waals surface area contributed by atoms with Gasteiger partial charge in [-0.15, -0.1) is 5.10 Å². The van der Waals surface area contributed by atoms with Gasteiger partial charge in [0.05, 0.1) is 5.69 Å². The summed E-state index contributed by atoms with van der Waals surface area (Å²) in [5.41, 5.74) is 1.08. The van der Waals surface area contributed by atoms with Crippen LogP contribution in [0.3, 0.4) is 0 Å². The molecule has 0 aliphatic carbocycles. The molecule has 0 spiro atoms. The zero-order valence-electron chi connectivity index (χ0n) is 9.33. The first kappa shape index (κ1) is 11.6. The lowest BCUT2D eigenvalue weighted by Gasteiger charge is -2.02. The Bertz CT molecular complexity index is 720. The van der Waals surface area contributed by atoms with E-state index in [2.05, 4.69) is 20.1 Å². The molecule has 8 heteroatoms. The molecule has 0 N–H and O–H groups in total. The molecule has 96 valence electrons. The molecule has 0 saturated heterocycles. The summed E-state index contributed by atoms with van der Waals surface area (Å²) in [5, 5.41) is 3.45. The smallest absolute Gasteiger partial charge is 0.264 e. The van der Waals surface area contributed by atoms with E-state index in [0.29, 0.717) is 11.3 Å². The molecule has 0 amide bonds. The average molecular weight is 265 g/mol. The molecule has 0 atom stereocenters. The van der Waals surface area contributed by atoms with E-state index in [0.717, 1.165) is 4.52 Å². The fourth-order valence-electron chi connectivity index (χ4n) is 1.65. The fourth-order valence-corrected chi connectivity index (χ4v) is 1.65. The molecule has 5 nitrogen and oxygen atoms in total. The highest BCUT2D eigenvalue weighted by Gasteiger charge is 2.36. The third-order valence-corrected chi connectivity index (χ3v) is 2.45. The van der Waals surface area contributed by atoms with Crippen molar-refractivity contribution in [2.24, 2.45) is 0 Å². The number of fused-ring (bicyclic) bond motifs is 1. The SMILES string of the molecule is FC(F)(F)c1nc2nccc(-c3cccnc3)n2n1. The van der Waals surface area contributed by atoms with Crippen molar-refractivity contribution in [1.82, 2.24) is 24.6 Å². The maximum atomic E-state index is 12.6. The molecule has 0 aliphatic rings. The molecule has 3 heterocycles. The minimum Gasteiger partial charge on any atom is -0.264 e. The molecule has 3 rings (SSSR count). The van der Waals surface area contributed by atoms with Gasteiger partial charge in [-0.2, -0.15) is 22.7 Å². The molecular weight excluding hydrogens is 259 g/mol. The lowest BCUT2D eigenvalue weighted by molar-refractivity contribution is -0.144. The summed E-state index contributed by atoms with van der Waals surface area (Å²) in [6.07, 6.45) is -0.111. The van der Waals surface area contributed by atoms with Crippen molar-refractivity contribution in [3.8, 4) is 11.3 Å². The third-order valence-electron chi connectivity index (χ3n) is 2.45. The predicted molar refractivity (Wildman–Crippen MR) is 59.0 cm³/mol. The van der Waals surface area contributed by atoms with E-state index < -0.39 is 12.0 Å². The largest absolute Gasteiger partial charge is 0.453 e. The van der Waals surface area contributed by atoms with Crippen LogP contribution in [-0.4, -0.2) is 24.6 Å². The van der Waals surface area contributed by atoms with E-state index in [1.807, 2.05) is 0 Å². The minimum absolute atomic E-state index is 0.103. The van der Waals surface area contributed by atoms with Gasteiger partial charge in [-0.25, -0.2) is 4.98 Å². The van der Waals surface area contributed by atoms with Crippen molar-refractivity contribution in [1.29, 1.82) is 0 Å². The summed E-state index contributed by atoms with van der Waals surface area (Å²) in [6.45, 7) is 0. The summed E-state index contributed by atoms with van der Waals surface area (Å²) in [5.74, 6) is -1.31. The Labute approximate surface area is 104 Å². The molecule has 0 fully saturated rings. The van der Waals surface area contributed by atoms with E-state index >= 15 is 0 Å².